The van der Waals surface area contributed by atoms with E-state index in [1.54, 1.807) is 18.2 Å². The van der Waals surface area contributed by atoms with Gasteiger partial charge in [0.05, 0.1) is 5.56 Å². The van der Waals surface area contributed by atoms with E-state index < -0.39 is 0 Å². The first kappa shape index (κ1) is 13.8. The highest BCUT2D eigenvalue weighted by atomic mass is 35.5. The van der Waals surface area contributed by atoms with Crippen LogP contribution in [-0.2, 0) is 0 Å². The number of nitrogen functional groups attached to an aromatic ring is 1. The SMILES string of the molecule is CN(C)CCCNC(=O)c1ccc(Cl)cc1N. The maximum absolute atomic E-state index is 11.8. The lowest BCUT2D eigenvalue weighted by Crippen LogP contribution is -2.27. The first-order valence-electron chi connectivity index (χ1n) is 5.48. The lowest BCUT2D eigenvalue weighted by molar-refractivity contribution is 0.0953. The van der Waals surface area contributed by atoms with Crippen LogP contribution >= 0.6 is 11.6 Å². The van der Waals surface area contributed by atoms with Crippen LogP contribution in [0.5, 0.6) is 0 Å². The van der Waals surface area contributed by atoms with E-state index in [9.17, 15) is 4.79 Å². The molecule has 0 radical (unpaired) electrons. The molecule has 0 fully saturated rings. The van der Waals surface area contributed by atoms with Gasteiger partial charge in [0.1, 0.15) is 0 Å². The average Bonchev–Trinajstić information content (AvgIpc) is 2.23. The summed E-state index contributed by atoms with van der Waals surface area (Å²) in [6.45, 7) is 1.58. The molecular formula is C12H18ClN3O. The fourth-order valence-electron chi connectivity index (χ4n) is 1.43. The molecule has 3 N–H and O–H groups in total. The van der Waals surface area contributed by atoms with Gasteiger partial charge in [-0.15, -0.1) is 0 Å². The van der Waals surface area contributed by atoms with Crippen LogP contribution < -0.4 is 11.1 Å². The van der Waals surface area contributed by atoms with Crippen LogP contribution in [-0.4, -0.2) is 38.0 Å². The number of hydrogen-bond donors (Lipinski definition) is 2. The second kappa shape index (κ2) is 6.47. The molecule has 0 aliphatic rings. The Morgan fingerprint density at radius 3 is 2.76 bits per heavy atom. The van der Waals surface area contributed by atoms with Crippen molar-refractivity contribution in [3.05, 3.63) is 28.8 Å². The van der Waals surface area contributed by atoms with Gasteiger partial charge in [0.25, 0.3) is 5.91 Å². The highest BCUT2D eigenvalue weighted by Gasteiger charge is 2.08. The van der Waals surface area contributed by atoms with Gasteiger partial charge in [-0.25, -0.2) is 0 Å². The molecule has 1 aromatic rings. The Labute approximate surface area is 107 Å². The van der Waals surface area contributed by atoms with Crippen molar-refractivity contribution in [3.8, 4) is 0 Å². The fraction of sp³-hybridized carbons (Fsp3) is 0.417. The minimum Gasteiger partial charge on any atom is -0.398 e. The lowest BCUT2D eigenvalue weighted by atomic mass is 10.1. The molecule has 0 bridgehead atoms. The van der Waals surface area contributed by atoms with Crippen molar-refractivity contribution < 1.29 is 4.79 Å². The van der Waals surface area contributed by atoms with E-state index in [2.05, 4.69) is 10.2 Å². The normalized spacial score (nSPS) is 10.6. The standard InChI is InChI=1S/C12H18ClN3O/c1-16(2)7-3-6-15-12(17)10-5-4-9(13)8-11(10)14/h4-5,8H,3,6-7,14H2,1-2H3,(H,15,17). The van der Waals surface area contributed by atoms with Crippen molar-refractivity contribution in [1.82, 2.24) is 10.2 Å². The summed E-state index contributed by atoms with van der Waals surface area (Å²) in [5.74, 6) is -0.155. The number of carbonyl (C=O) groups excluding carboxylic acids is 1. The van der Waals surface area contributed by atoms with E-state index >= 15 is 0 Å². The van der Waals surface area contributed by atoms with Gasteiger partial charge in [-0.1, -0.05) is 11.6 Å². The summed E-state index contributed by atoms with van der Waals surface area (Å²) < 4.78 is 0. The van der Waals surface area contributed by atoms with Gasteiger partial charge in [-0.3, -0.25) is 4.79 Å². The van der Waals surface area contributed by atoms with Gasteiger partial charge in [-0.05, 0) is 45.3 Å². The molecule has 0 aliphatic heterocycles. The maximum atomic E-state index is 11.8. The molecular weight excluding hydrogens is 238 g/mol. The van der Waals surface area contributed by atoms with Crippen LogP contribution in [0.1, 0.15) is 16.8 Å². The third-order valence-corrected chi connectivity index (χ3v) is 2.56. The smallest absolute Gasteiger partial charge is 0.253 e. The Hall–Kier alpha value is -1.26. The van der Waals surface area contributed by atoms with Gasteiger partial charge >= 0.3 is 0 Å². The number of halogens is 1. The third kappa shape index (κ3) is 4.63. The van der Waals surface area contributed by atoms with Gasteiger partial charge in [-0.2, -0.15) is 0 Å². The Bertz CT molecular complexity index is 393. The molecule has 0 heterocycles. The van der Waals surface area contributed by atoms with E-state index in [4.69, 9.17) is 17.3 Å². The number of nitrogens with one attached hydrogen (secondary N) is 1. The molecule has 0 atom stereocenters. The summed E-state index contributed by atoms with van der Waals surface area (Å²) in [7, 11) is 4.00. The Morgan fingerprint density at radius 1 is 1.47 bits per heavy atom. The van der Waals surface area contributed by atoms with Crippen molar-refractivity contribution in [2.75, 3.05) is 32.9 Å². The summed E-state index contributed by atoms with van der Waals surface area (Å²) in [5.41, 5.74) is 6.60. The van der Waals surface area contributed by atoms with Crippen LogP contribution in [0.25, 0.3) is 0 Å². The molecule has 94 valence electrons. The monoisotopic (exact) mass is 255 g/mol. The van der Waals surface area contributed by atoms with Crippen LogP contribution in [0.15, 0.2) is 18.2 Å². The highest BCUT2D eigenvalue weighted by molar-refractivity contribution is 6.31. The van der Waals surface area contributed by atoms with E-state index in [1.807, 2.05) is 14.1 Å². The number of anilines is 1. The topological polar surface area (TPSA) is 58.4 Å². The molecule has 0 aliphatic carbocycles. The predicted octanol–water partition coefficient (Wildman–Crippen LogP) is 1.60. The fourth-order valence-corrected chi connectivity index (χ4v) is 1.61. The van der Waals surface area contributed by atoms with Gasteiger partial charge in [0, 0.05) is 17.3 Å². The van der Waals surface area contributed by atoms with Gasteiger partial charge < -0.3 is 16.0 Å². The van der Waals surface area contributed by atoms with Crippen molar-refractivity contribution in [2.45, 2.75) is 6.42 Å². The number of benzene rings is 1. The molecule has 5 heteroatoms. The summed E-state index contributed by atoms with van der Waals surface area (Å²) >= 11 is 5.77. The molecule has 0 saturated carbocycles. The quantitative estimate of drug-likeness (QED) is 0.621. The molecule has 0 aromatic heterocycles. The molecule has 0 saturated heterocycles. The minimum atomic E-state index is -0.155. The van der Waals surface area contributed by atoms with Crippen molar-refractivity contribution in [2.24, 2.45) is 0 Å². The molecule has 1 rings (SSSR count). The number of carbonyl (C=O) groups is 1. The van der Waals surface area contributed by atoms with E-state index in [0.29, 0.717) is 22.8 Å². The van der Waals surface area contributed by atoms with Crippen molar-refractivity contribution in [1.29, 1.82) is 0 Å². The Morgan fingerprint density at radius 2 is 2.18 bits per heavy atom. The van der Waals surface area contributed by atoms with E-state index in [1.165, 1.54) is 0 Å². The highest BCUT2D eigenvalue weighted by Crippen LogP contribution is 2.17. The van der Waals surface area contributed by atoms with Crippen LogP contribution in [0, 0.1) is 0 Å². The zero-order valence-electron chi connectivity index (χ0n) is 10.2. The molecule has 4 nitrogen and oxygen atoms in total. The summed E-state index contributed by atoms with van der Waals surface area (Å²) in [6, 6.07) is 4.88. The number of nitrogens with zero attached hydrogens (tertiary/aromatic N) is 1. The summed E-state index contributed by atoms with van der Waals surface area (Å²) in [6.07, 6.45) is 0.909. The average molecular weight is 256 g/mol. The molecule has 0 unspecified atom stereocenters. The second-order valence-electron chi connectivity index (χ2n) is 4.14. The third-order valence-electron chi connectivity index (χ3n) is 2.33. The summed E-state index contributed by atoms with van der Waals surface area (Å²) in [5, 5.41) is 3.36. The lowest BCUT2D eigenvalue weighted by Gasteiger charge is -2.10. The molecule has 1 amide bonds. The largest absolute Gasteiger partial charge is 0.398 e. The van der Waals surface area contributed by atoms with Crippen LogP contribution in [0.2, 0.25) is 5.02 Å². The van der Waals surface area contributed by atoms with Crippen LogP contribution in [0.3, 0.4) is 0 Å². The van der Waals surface area contributed by atoms with E-state index in [-0.39, 0.29) is 5.91 Å². The second-order valence-corrected chi connectivity index (χ2v) is 4.58. The molecule has 17 heavy (non-hydrogen) atoms. The Kier molecular flexibility index (Phi) is 5.25. The maximum Gasteiger partial charge on any atom is 0.253 e. The first-order chi connectivity index (χ1) is 8.00. The van der Waals surface area contributed by atoms with Crippen molar-refractivity contribution >= 4 is 23.2 Å². The molecule has 0 spiro atoms. The number of hydrogen-bond acceptors (Lipinski definition) is 3. The first-order valence-corrected chi connectivity index (χ1v) is 5.86. The van der Waals surface area contributed by atoms with Gasteiger partial charge in [0.15, 0.2) is 0 Å². The number of nitrogens with two attached hydrogens (primary N) is 1. The number of rotatable bonds is 5. The van der Waals surface area contributed by atoms with E-state index in [0.717, 1.165) is 13.0 Å². The zero-order valence-corrected chi connectivity index (χ0v) is 10.9. The van der Waals surface area contributed by atoms with Crippen LogP contribution in [0.4, 0.5) is 5.69 Å². The zero-order chi connectivity index (χ0) is 12.8. The number of amides is 1. The van der Waals surface area contributed by atoms with Gasteiger partial charge in [0.2, 0.25) is 0 Å². The minimum absolute atomic E-state index is 0.155. The molecule has 1 aromatic carbocycles. The van der Waals surface area contributed by atoms with Crippen molar-refractivity contribution in [3.63, 3.8) is 0 Å². The summed E-state index contributed by atoms with van der Waals surface area (Å²) in [4.78, 5) is 13.8. The predicted molar refractivity (Wildman–Crippen MR) is 71.4 cm³/mol. The Balaban J connectivity index is 2.47.